The summed E-state index contributed by atoms with van der Waals surface area (Å²) in [7, 11) is 0. The molecule has 1 saturated carbocycles. The number of H-pyrrole nitrogens is 1. The van der Waals surface area contributed by atoms with Gasteiger partial charge in [-0.05, 0) is 62.4 Å². The quantitative estimate of drug-likeness (QED) is 0.363. The molecule has 5 rings (SSSR count). The zero-order chi connectivity index (χ0) is 26.5. The average Bonchev–Trinajstić information content (AvgIpc) is 3.51. The predicted molar refractivity (Wildman–Crippen MR) is 145 cm³/mol. The van der Waals surface area contributed by atoms with E-state index in [0.29, 0.717) is 24.1 Å². The molecular formula is C29H31N7O2. The van der Waals surface area contributed by atoms with Crippen molar-refractivity contribution in [3.8, 4) is 17.2 Å². The molecular weight excluding hydrogens is 478 g/mol. The van der Waals surface area contributed by atoms with Crippen molar-refractivity contribution in [1.29, 1.82) is 5.26 Å². The van der Waals surface area contributed by atoms with Crippen molar-refractivity contribution in [1.82, 2.24) is 20.1 Å². The fourth-order valence-corrected chi connectivity index (χ4v) is 4.67. The summed E-state index contributed by atoms with van der Waals surface area (Å²) >= 11 is 0. The standard InChI is InChI=1S/C29H31N7O2/c1-19(29(38)33-27-16-25(34-35-27)20-9-10-20)21-5-2-6-22(15-21)23-11-12-26(31-18-23)32-28(37)8-4-14-36-13-3-7-24(36)17-30/h2,4-6,8,11-12,15-16,18-20,24H,3,7,9-10,13-14H2,1H3,(H,31,32,37)(H2,33,34,35,38)/b8-4+/t19?,24-/m0/s1. The molecule has 2 fully saturated rings. The SMILES string of the molecule is CC(C(=O)Nc1cc(C2CC2)[nH]n1)c1cccc(-c2ccc(NC(=O)/C=C/CN3CCC[C@H]3C#N)nc2)c1. The number of nitrogens with one attached hydrogen (secondary N) is 3. The maximum Gasteiger partial charge on any atom is 0.249 e. The molecule has 1 aromatic carbocycles. The molecule has 2 aromatic heterocycles. The first-order valence-corrected chi connectivity index (χ1v) is 13.0. The van der Waals surface area contributed by atoms with E-state index in [9.17, 15) is 9.59 Å². The molecule has 194 valence electrons. The number of anilines is 2. The molecule has 0 spiro atoms. The Morgan fingerprint density at radius 2 is 2.03 bits per heavy atom. The minimum atomic E-state index is -0.363. The monoisotopic (exact) mass is 509 g/mol. The molecule has 2 atom stereocenters. The number of rotatable bonds is 9. The van der Waals surface area contributed by atoms with E-state index >= 15 is 0 Å². The van der Waals surface area contributed by atoms with Crippen LogP contribution in [0.4, 0.5) is 11.6 Å². The summed E-state index contributed by atoms with van der Waals surface area (Å²) in [6.07, 6.45) is 9.19. The third-order valence-corrected chi connectivity index (χ3v) is 7.12. The first-order chi connectivity index (χ1) is 18.5. The Morgan fingerprint density at radius 3 is 2.79 bits per heavy atom. The molecule has 9 heteroatoms. The van der Waals surface area contributed by atoms with Gasteiger partial charge in [0.15, 0.2) is 5.82 Å². The molecule has 1 saturated heterocycles. The van der Waals surface area contributed by atoms with E-state index in [1.165, 1.54) is 18.9 Å². The minimum Gasteiger partial charge on any atom is -0.309 e. The lowest BCUT2D eigenvalue weighted by molar-refractivity contribution is -0.117. The summed E-state index contributed by atoms with van der Waals surface area (Å²) in [5.74, 6) is 0.810. The number of carbonyl (C=O) groups excluding carboxylic acids is 2. The topological polar surface area (TPSA) is 127 Å². The summed E-state index contributed by atoms with van der Waals surface area (Å²) in [6.45, 7) is 3.33. The molecule has 3 aromatic rings. The molecule has 2 amide bonds. The number of aromatic amines is 1. The van der Waals surface area contributed by atoms with Crippen LogP contribution in [0.5, 0.6) is 0 Å². The van der Waals surface area contributed by atoms with Gasteiger partial charge in [-0.25, -0.2) is 4.98 Å². The lowest BCUT2D eigenvalue weighted by atomic mass is 9.96. The van der Waals surface area contributed by atoms with Crippen LogP contribution in [-0.4, -0.2) is 51.0 Å². The number of carbonyl (C=O) groups is 2. The van der Waals surface area contributed by atoms with Crippen LogP contribution in [-0.2, 0) is 9.59 Å². The molecule has 38 heavy (non-hydrogen) atoms. The predicted octanol–water partition coefficient (Wildman–Crippen LogP) is 4.57. The summed E-state index contributed by atoms with van der Waals surface area (Å²) in [4.78, 5) is 31.6. The highest BCUT2D eigenvalue weighted by molar-refractivity contribution is 5.98. The molecule has 3 heterocycles. The van der Waals surface area contributed by atoms with Crippen molar-refractivity contribution < 1.29 is 9.59 Å². The number of pyridine rings is 1. The maximum absolute atomic E-state index is 12.8. The van der Waals surface area contributed by atoms with Gasteiger partial charge in [0.05, 0.1) is 18.0 Å². The van der Waals surface area contributed by atoms with E-state index in [0.717, 1.165) is 41.8 Å². The second-order valence-corrected chi connectivity index (χ2v) is 9.92. The van der Waals surface area contributed by atoms with Gasteiger partial charge in [-0.15, -0.1) is 0 Å². The minimum absolute atomic E-state index is 0.0656. The van der Waals surface area contributed by atoms with Gasteiger partial charge in [0, 0.05) is 42.1 Å². The van der Waals surface area contributed by atoms with Crippen molar-refractivity contribution in [2.75, 3.05) is 23.7 Å². The fraction of sp³-hybridized carbons (Fsp3) is 0.345. The highest BCUT2D eigenvalue weighted by Crippen LogP contribution is 2.39. The van der Waals surface area contributed by atoms with Crippen LogP contribution in [0.1, 0.15) is 55.7 Å². The van der Waals surface area contributed by atoms with Crippen LogP contribution in [0.25, 0.3) is 11.1 Å². The van der Waals surface area contributed by atoms with Crippen molar-refractivity contribution in [2.24, 2.45) is 0 Å². The van der Waals surface area contributed by atoms with Crippen LogP contribution in [0, 0.1) is 11.3 Å². The maximum atomic E-state index is 12.8. The van der Waals surface area contributed by atoms with Gasteiger partial charge >= 0.3 is 0 Å². The number of hydrogen-bond acceptors (Lipinski definition) is 6. The Kier molecular flexibility index (Phi) is 7.61. The molecule has 1 aliphatic carbocycles. The van der Waals surface area contributed by atoms with Crippen LogP contribution in [0.3, 0.4) is 0 Å². The summed E-state index contributed by atoms with van der Waals surface area (Å²) in [6, 6.07) is 15.6. The Labute approximate surface area is 222 Å². The van der Waals surface area contributed by atoms with Crippen molar-refractivity contribution in [3.05, 3.63) is 72.1 Å². The van der Waals surface area contributed by atoms with Crippen LogP contribution in [0.15, 0.2) is 60.8 Å². The zero-order valence-electron chi connectivity index (χ0n) is 21.4. The molecule has 1 aliphatic heterocycles. The molecule has 0 radical (unpaired) electrons. The number of amides is 2. The van der Waals surface area contributed by atoms with E-state index in [1.54, 1.807) is 18.3 Å². The second kappa shape index (κ2) is 11.4. The normalized spacial score (nSPS) is 18.3. The van der Waals surface area contributed by atoms with Gasteiger partial charge < -0.3 is 10.6 Å². The Hall–Kier alpha value is -4.29. The lowest BCUT2D eigenvalue weighted by Gasteiger charge is -2.15. The van der Waals surface area contributed by atoms with E-state index in [-0.39, 0.29) is 23.8 Å². The Balaban J connectivity index is 1.16. The average molecular weight is 510 g/mol. The fourth-order valence-electron chi connectivity index (χ4n) is 4.67. The van der Waals surface area contributed by atoms with Gasteiger partial charge in [0.2, 0.25) is 11.8 Å². The highest BCUT2D eigenvalue weighted by atomic mass is 16.2. The van der Waals surface area contributed by atoms with Gasteiger partial charge in [-0.2, -0.15) is 10.4 Å². The van der Waals surface area contributed by atoms with Gasteiger partial charge in [0.25, 0.3) is 0 Å². The molecule has 1 unspecified atom stereocenters. The number of nitrogens with zero attached hydrogens (tertiary/aromatic N) is 4. The van der Waals surface area contributed by atoms with E-state index in [2.05, 4.69) is 36.8 Å². The summed E-state index contributed by atoms with van der Waals surface area (Å²) in [5.41, 5.74) is 3.78. The van der Waals surface area contributed by atoms with Gasteiger partial charge in [0.1, 0.15) is 5.82 Å². The first-order valence-electron chi connectivity index (χ1n) is 13.0. The molecule has 3 N–H and O–H groups in total. The zero-order valence-corrected chi connectivity index (χ0v) is 21.4. The Morgan fingerprint density at radius 1 is 1.16 bits per heavy atom. The number of aromatic nitrogens is 3. The summed E-state index contributed by atoms with van der Waals surface area (Å²) < 4.78 is 0. The second-order valence-electron chi connectivity index (χ2n) is 9.92. The number of likely N-dealkylation sites (tertiary alicyclic amines) is 1. The number of benzene rings is 1. The third-order valence-electron chi connectivity index (χ3n) is 7.12. The van der Waals surface area contributed by atoms with Gasteiger partial charge in [-0.1, -0.05) is 30.3 Å². The van der Waals surface area contributed by atoms with E-state index in [4.69, 9.17) is 5.26 Å². The highest BCUT2D eigenvalue weighted by Gasteiger charge is 2.26. The molecule has 9 nitrogen and oxygen atoms in total. The third kappa shape index (κ3) is 6.15. The van der Waals surface area contributed by atoms with Crippen LogP contribution < -0.4 is 10.6 Å². The van der Waals surface area contributed by atoms with Crippen molar-refractivity contribution in [2.45, 2.75) is 50.5 Å². The van der Waals surface area contributed by atoms with E-state index < -0.39 is 0 Å². The molecule has 2 aliphatic rings. The summed E-state index contributed by atoms with van der Waals surface area (Å²) in [5, 5.41) is 22.1. The largest absolute Gasteiger partial charge is 0.309 e. The van der Waals surface area contributed by atoms with Crippen molar-refractivity contribution >= 4 is 23.5 Å². The van der Waals surface area contributed by atoms with Crippen LogP contribution >= 0.6 is 0 Å². The van der Waals surface area contributed by atoms with Crippen molar-refractivity contribution in [3.63, 3.8) is 0 Å². The smallest absolute Gasteiger partial charge is 0.249 e. The van der Waals surface area contributed by atoms with E-state index in [1.807, 2.05) is 43.3 Å². The number of nitriles is 1. The van der Waals surface area contributed by atoms with Crippen LogP contribution in [0.2, 0.25) is 0 Å². The lowest BCUT2D eigenvalue weighted by Crippen LogP contribution is -2.28. The molecule has 0 bridgehead atoms. The number of hydrogen-bond donors (Lipinski definition) is 3. The first kappa shape index (κ1) is 25.4. The van der Waals surface area contributed by atoms with Gasteiger partial charge in [-0.3, -0.25) is 19.6 Å². The Bertz CT molecular complexity index is 1370.